The molecule has 0 aromatic carbocycles. The summed E-state index contributed by atoms with van der Waals surface area (Å²) in [6.07, 6.45) is 21.7. The molecule has 6 heteroatoms. The van der Waals surface area contributed by atoms with E-state index in [2.05, 4.69) is 18.7 Å². The van der Waals surface area contributed by atoms with E-state index in [1.54, 1.807) is 0 Å². The third-order valence-corrected chi connectivity index (χ3v) is 7.31. The fourth-order valence-electron chi connectivity index (χ4n) is 4.89. The standard InChI is InChI=1S/C32H63NO5/c1-4-7-9-11-12-14-22-30(21-13-10-8-5-2)29-38-32(36)24-16-18-26-33(27-19-20-28-34)25-17-15-23-31(35)37-6-3/h30,34H,4-29H2,1-3H3. The molecule has 0 saturated heterocycles. The summed E-state index contributed by atoms with van der Waals surface area (Å²) in [5.74, 6) is 0.347. The summed E-state index contributed by atoms with van der Waals surface area (Å²) in [5, 5.41) is 9.11. The summed E-state index contributed by atoms with van der Waals surface area (Å²) in [4.78, 5) is 26.4. The Morgan fingerprint density at radius 3 is 1.61 bits per heavy atom. The third kappa shape index (κ3) is 25.2. The zero-order valence-electron chi connectivity index (χ0n) is 25.5. The number of esters is 2. The molecule has 38 heavy (non-hydrogen) atoms. The molecular weight excluding hydrogens is 478 g/mol. The zero-order valence-corrected chi connectivity index (χ0v) is 25.5. The van der Waals surface area contributed by atoms with Gasteiger partial charge in [-0.1, -0.05) is 78.1 Å². The summed E-state index contributed by atoms with van der Waals surface area (Å²) in [6.45, 7) is 10.4. The van der Waals surface area contributed by atoms with Gasteiger partial charge in [0.05, 0.1) is 13.2 Å². The summed E-state index contributed by atoms with van der Waals surface area (Å²) >= 11 is 0. The Hall–Kier alpha value is -1.14. The molecule has 0 aliphatic rings. The first-order valence-electron chi connectivity index (χ1n) is 16.2. The second-order valence-corrected chi connectivity index (χ2v) is 10.9. The van der Waals surface area contributed by atoms with Gasteiger partial charge in [0.1, 0.15) is 0 Å². The number of carbonyl (C=O) groups is 2. The van der Waals surface area contributed by atoms with Gasteiger partial charge in [-0.2, -0.15) is 0 Å². The number of rotatable bonds is 29. The van der Waals surface area contributed by atoms with Crippen molar-refractivity contribution in [3.63, 3.8) is 0 Å². The van der Waals surface area contributed by atoms with Crippen molar-refractivity contribution in [1.82, 2.24) is 4.90 Å². The first-order chi connectivity index (χ1) is 18.6. The number of hydrogen-bond acceptors (Lipinski definition) is 6. The molecule has 0 spiro atoms. The molecule has 1 N–H and O–H groups in total. The van der Waals surface area contributed by atoms with E-state index in [4.69, 9.17) is 14.6 Å². The van der Waals surface area contributed by atoms with Gasteiger partial charge in [-0.05, 0) is 83.8 Å². The van der Waals surface area contributed by atoms with Crippen LogP contribution in [0.25, 0.3) is 0 Å². The van der Waals surface area contributed by atoms with Crippen LogP contribution in [-0.4, -0.2) is 61.4 Å². The summed E-state index contributed by atoms with van der Waals surface area (Å²) in [6, 6.07) is 0. The van der Waals surface area contributed by atoms with Gasteiger partial charge in [0, 0.05) is 19.4 Å². The molecule has 0 amide bonds. The maximum absolute atomic E-state index is 12.4. The minimum atomic E-state index is -0.118. The SMILES string of the molecule is CCCCCCCCC(CCCCCC)COC(=O)CCCCN(CCCCO)CCCCC(=O)OCC. The van der Waals surface area contributed by atoms with Crippen LogP contribution in [0.15, 0.2) is 0 Å². The molecule has 1 atom stereocenters. The van der Waals surface area contributed by atoms with Crippen molar-refractivity contribution in [3.8, 4) is 0 Å². The molecule has 0 heterocycles. The molecule has 0 rings (SSSR count). The molecule has 0 bridgehead atoms. The van der Waals surface area contributed by atoms with E-state index in [9.17, 15) is 9.59 Å². The molecule has 0 aromatic rings. The lowest BCUT2D eigenvalue weighted by atomic mass is 9.95. The van der Waals surface area contributed by atoms with E-state index in [-0.39, 0.29) is 18.5 Å². The Morgan fingerprint density at radius 2 is 1.08 bits per heavy atom. The number of carbonyl (C=O) groups excluding carboxylic acids is 2. The Morgan fingerprint density at radius 1 is 0.605 bits per heavy atom. The lowest BCUT2D eigenvalue weighted by molar-refractivity contribution is -0.145. The Bertz CT molecular complexity index is 528. The Balaban J connectivity index is 4.26. The highest BCUT2D eigenvalue weighted by molar-refractivity contribution is 5.69. The van der Waals surface area contributed by atoms with Gasteiger partial charge >= 0.3 is 11.9 Å². The van der Waals surface area contributed by atoms with Crippen LogP contribution in [0.5, 0.6) is 0 Å². The molecule has 0 saturated carbocycles. The quantitative estimate of drug-likeness (QED) is 0.0768. The number of aliphatic hydroxyl groups excluding tert-OH is 1. The normalized spacial score (nSPS) is 12.1. The summed E-state index contributed by atoms with van der Waals surface area (Å²) in [5.41, 5.74) is 0. The van der Waals surface area contributed by atoms with Crippen LogP contribution in [0.3, 0.4) is 0 Å². The van der Waals surface area contributed by atoms with E-state index in [1.165, 1.54) is 77.0 Å². The molecule has 0 radical (unpaired) electrons. The summed E-state index contributed by atoms with van der Waals surface area (Å²) in [7, 11) is 0. The van der Waals surface area contributed by atoms with E-state index in [1.807, 2.05) is 6.92 Å². The molecule has 0 aliphatic carbocycles. The zero-order chi connectivity index (χ0) is 28.1. The highest BCUT2D eigenvalue weighted by Crippen LogP contribution is 2.20. The fourth-order valence-corrected chi connectivity index (χ4v) is 4.89. The predicted molar refractivity (Wildman–Crippen MR) is 158 cm³/mol. The number of aliphatic hydroxyl groups is 1. The van der Waals surface area contributed by atoms with Gasteiger partial charge in [-0.3, -0.25) is 9.59 Å². The second-order valence-electron chi connectivity index (χ2n) is 10.9. The minimum absolute atomic E-state index is 0.0484. The van der Waals surface area contributed by atoms with Crippen LogP contribution in [0.1, 0.15) is 149 Å². The maximum Gasteiger partial charge on any atom is 0.305 e. The molecule has 0 aliphatic heterocycles. The van der Waals surface area contributed by atoms with Gasteiger partial charge in [-0.25, -0.2) is 0 Å². The van der Waals surface area contributed by atoms with Crippen molar-refractivity contribution in [2.75, 3.05) is 39.5 Å². The first kappa shape index (κ1) is 36.9. The molecule has 0 fully saturated rings. The van der Waals surface area contributed by atoms with Crippen molar-refractivity contribution in [1.29, 1.82) is 0 Å². The Kier molecular flexibility index (Phi) is 28.0. The molecule has 0 aromatic heterocycles. The van der Waals surface area contributed by atoms with Gasteiger partial charge in [0.2, 0.25) is 0 Å². The third-order valence-electron chi connectivity index (χ3n) is 7.31. The van der Waals surface area contributed by atoms with Crippen LogP contribution in [0, 0.1) is 5.92 Å². The number of hydrogen-bond donors (Lipinski definition) is 1. The van der Waals surface area contributed by atoms with Crippen LogP contribution >= 0.6 is 0 Å². The van der Waals surface area contributed by atoms with Gasteiger partial charge in [0.15, 0.2) is 0 Å². The van der Waals surface area contributed by atoms with Gasteiger partial charge in [0.25, 0.3) is 0 Å². The highest BCUT2D eigenvalue weighted by atomic mass is 16.5. The number of nitrogens with zero attached hydrogens (tertiary/aromatic N) is 1. The first-order valence-corrected chi connectivity index (χ1v) is 16.2. The van der Waals surface area contributed by atoms with Crippen LogP contribution < -0.4 is 0 Å². The predicted octanol–water partition coefficient (Wildman–Crippen LogP) is 7.85. The van der Waals surface area contributed by atoms with Crippen LogP contribution in [-0.2, 0) is 19.1 Å². The molecule has 6 nitrogen and oxygen atoms in total. The van der Waals surface area contributed by atoms with Crippen molar-refractivity contribution in [2.45, 2.75) is 149 Å². The van der Waals surface area contributed by atoms with E-state index in [0.717, 1.165) is 58.2 Å². The average Bonchev–Trinajstić information content (AvgIpc) is 2.91. The second kappa shape index (κ2) is 28.9. The van der Waals surface area contributed by atoms with E-state index < -0.39 is 0 Å². The van der Waals surface area contributed by atoms with Crippen molar-refractivity contribution in [3.05, 3.63) is 0 Å². The smallest absolute Gasteiger partial charge is 0.305 e. The van der Waals surface area contributed by atoms with Crippen molar-refractivity contribution in [2.24, 2.45) is 5.92 Å². The number of unbranched alkanes of at least 4 members (excludes halogenated alkanes) is 11. The summed E-state index contributed by atoms with van der Waals surface area (Å²) < 4.78 is 10.7. The van der Waals surface area contributed by atoms with E-state index >= 15 is 0 Å². The van der Waals surface area contributed by atoms with Crippen LogP contribution in [0.2, 0.25) is 0 Å². The Labute approximate surface area is 235 Å². The molecular formula is C32H63NO5. The topological polar surface area (TPSA) is 76.1 Å². The lowest BCUT2D eigenvalue weighted by Crippen LogP contribution is -2.27. The minimum Gasteiger partial charge on any atom is -0.466 e. The van der Waals surface area contributed by atoms with Crippen LogP contribution in [0.4, 0.5) is 0 Å². The van der Waals surface area contributed by atoms with Gasteiger partial charge in [-0.15, -0.1) is 0 Å². The van der Waals surface area contributed by atoms with Crippen molar-refractivity contribution < 1.29 is 24.2 Å². The largest absolute Gasteiger partial charge is 0.466 e. The molecule has 1 unspecified atom stereocenters. The average molecular weight is 542 g/mol. The van der Waals surface area contributed by atoms with Gasteiger partial charge < -0.3 is 19.5 Å². The van der Waals surface area contributed by atoms with Crippen molar-refractivity contribution >= 4 is 11.9 Å². The maximum atomic E-state index is 12.4. The monoisotopic (exact) mass is 541 g/mol. The fraction of sp³-hybridized carbons (Fsp3) is 0.938. The lowest BCUT2D eigenvalue weighted by Gasteiger charge is -2.22. The highest BCUT2D eigenvalue weighted by Gasteiger charge is 2.13. The number of ether oxygens (including phenoxy) is 2. The van der Waals surface area contributed by atoms with E-state index in [0.29, 0.717) is 32.0 Å². The molecule has 226 valence electrons.